The molecule has 1 heterocycles. The molecule has 0 aliphatic rings. The molecule has 0 saturated carbocycles. The van der Waals surface area contributed by atoms with Crippen molar-refractivity contribution in [2.24, 2.45) is 0 Å². The van der Waals surface area contributed by atoms with Gasteiger partial charge in [0.05, 0.1) is 12.5 Å². The topological polar surface area (TPSA) is 86.0 Å². The van der Waals surface area contributed by atoms with Gasteiger partial charge in [-0.3, -0.25) is 4.79 Å². The van der Waals surface area contributed by atoms with E-state index in [2.05, 4.69) is 0 Å². The Morgan fingerprint density at radius 2 is 2.13 bits per heavy atom. The summed E-state index contributed by atoms with van der Waals surface area (Å²) in [5.41, 5.74) is -0.319. The maximum Gasteiger partial charge on any atom is 0.396 e. The Bertz CT molecular complexity index is 767. The molecule has 1 aromatic carbocycles. The summed E-state index contributed by atoms with van der Waals surface area (Å²) in [5, 5.41) is 10.9. The molecule has 1 aromatic heterocycles. The van der Waals surface area contributed by atoms with Crippen LogP contribution in [0.25, 0.3) is 11.0 Å². The Balaban J connectivity index is 2.30. The predicted molar refractivity (Wildman–Crippen MR) is 88.4 cm³/mol. The number of carbonyl (C=O) groups excluding carboxylic acids is 1. The summed E-state index contributed by atoms with van der Waals surface area (Å²) in [7, 11) is 0.906. The fraction of sp³-hybridized carbons (Fsp3) is 0.375. The molecule has 0 saturated heterocycles. The molecule has 2 rings (SSSR count). The van der Waals surface area contributed by atoms with Crippen LogP contribution in [0.1, 0.15) is 13.3 Å². The molecule has 0 radical (unpaired) electrons. The minimum atomic E-state index is -0.603. The molecule has 0 aliphatic heterocycles. The molecule has 0 spiro atoms. The summed E-state index contributed by atoms with van der Waals surface area (Å²) in [6.07, 6.45) is 2.11. The van der Waals surface area contributed by atoms with Crippen LogP contribution < -0.4 is 10.4 Å². The minimum Gasteiger partial charge on any atom is -0.503 e. The second-order valence-corrected chi connectivity index (χ2v) is 6.94. The van der Waals surface area contributed by atoms with Gasteiger partial charge in [-0.05, 0) is 12.1 Å². The van der Waals surface area contributed by atoms with Crippen LogP contribution in [0.2, 0.25) is 0 Å². The Labute approximate surface area is 136 Å². The number of ether oxygens (including phenoxy) is 2. The molecule has 23 heavy (non-hydrogen) atoms. The first-order valence-electron chi connectivity index (χ1n) is 7.10. The average Bonchev–Trinajstić information content (AvgIpc) is 2.53. The van der Waals surface area contributed by atoms with E-state index in [0.29, 0.717) is 23.3 Å². The molecular weight excluding hydrogens is 320 g/mol. The van der Waals surface area contributed by atoms with E-state index < -0.39 is 16.5 Å². The maximum absolute atomic E-state index is 12.2. The Kier molecular flexibility index (Phi) is 5.54. The average molecular weight is 339 g/mol. The molecule has 6 nitrogen and oxygen atoms in total. The summed E-state index contributed by atoms with van der Waals surface area (Å²) in [6, 6.07) is 4.88. The van der Waals surface area contributed by atoms with Gasteiger partial charge in [0.1, 0.15) is 29.9 Å². The van der Waals surface area contributed by atoms with Gasteiger partial charge in [0, 0.05) is 23.4 Å². The van der Waals surface area contributed by atoms with Gasteiger partial charge in [0.2, 0.25) is 0 Å². The van der Waals surface area contributed by atoms with Crippen molar-refractivity contribution in [3.05, 3.63) is 28.6 Å². The third-order valence-corrected chi connectivity index (χ3v) is 5.17. The van der Waals surface area contributed by atoms with E-state index in [1.807, 2.05) is 0 Å². The van der Waals surface area contributed by atoms with Crippen molar-refractivity contribution in [1.29, 1.82) is 0 Å². The summed E-state index contributed by atoms with van der Waals surface area (Å²) in [6.45, 7) is 1.91. The fourth-order valence-electron chi connectivity index (χ4n) is 2.07. The van der Waals surface area contributed by atoms with Gasteiger partial charge < -0.3 is 19.0 Å². The quantitative estimate of drug-likeness (QED) is 0.492. The van der Waals surface area contributed by atoms with Crippen molar-refractivity contribution in [1.82, 2.24) is 0 Å². The van der Waals surface area contributed by atoms with Crippen LogP contribution >= 0.6 is 0 Å². The molecule has 0 bridgehead atoms. The molecule has 124 valence electrons. The highest BCUT2D eigenvalue weighted by molar-refractivity contribution is 7.96. The van der Waals surface area contributed by atoms with Gasteiger partial charge in [0.15, 0.2) is 5.75 Å². The van der Waals surface area contributed by atoms with Crippen LogP contribution in [0.15, 0.2) is 32.3 Å². The van der Waals surface area contributed by atoms with E-state index in [0.717, 1.165) is 0 Å². The predicted octanol–water partition coefficient (Wildman–Crippen LogP) is 2.07. The fourth-order valence-corrected chi connectivity index (χ4v) is 3.37. The molecule has 1 atom stereocenters. The van der Waals surface area contributed by atoms with Gasteiger partial charge in [-0.15, -0.1) is 0 Å². The van der Waals surface area contributed by atoms with Gasteiger partial charge in [0.25, 0.3) is 4.90 Å². The van der Waals surface area contributed by atoms with E-state index in [4.69, 9.17) is 13.9 Å². The largest absolute Gasteiger partial charge is 0.503 e. The Hall–Kier alpha value is -2.15. The van der Waals surface area contributed by atoms with Crippen LogP contribution in [0.4, 0.5) is 0 Å². The summed E-state index contributed by atoms with van der Waals surface area (Å²) in [4.78, 5) is 23.5. The zero-order chi connectivity index (χ0) is 17.0. The van der Waals surface area contributed by atoms with Crippen LogP contribution in [0.5, 0.6) is 11.5 Å². The number of hydrogen-bond acceptors (Lipinski definition) is 6. The zero-order valence-corrected chi connectivity index (χ0v) is 14.1. The SMILES string of the molecule is CCC(=O)OCC[S+](C)c1c(O)c2ccc(OC)cc2oc1=O. The smallest absolute Gasteiger partial charge is 0.396 e. The third-order valence-electron chi connectivity index (χ3n) is 3.34. The highest BCUT2D eigenvalue weighted by Gasteiger charge is 2.28. The lowest BCUT2D eigenvalue weighted by Gasteiger charge is -2.07. The third kappa shape index (κ3) is 3.79. The monoisotopic (exact) mass is 339 g/mol. The standard InChI is InChI=1S/C16H18O6S/c1-4-13(17)21-7-8-23(3)15-14(18)11-6-5-10(20-2)9-12(11)22-16(15)19/h5-6,9H,4,7-8H2,1-3H3/p+1. The first kappa shape index (κ1) is 17.2. The highest BCUT2D eigenvalue weighted by atomic mass is 32.2. The van der Waals surface area contributed by atoms with E-state index in [-0.39, 0.29) is 28.8 Å². The molecule has 2 aromatic rings. The molecule has 7 heteroatoms. The maximum atomic E-state index is 12.2. The molecule has 0 aliphatic carbocycles. The van der Waals surface area contributed by atoms with Crippen molar-refractivity contribution < 1.29 is 23.8 Å². The lowest BCUT2D eigenvalue weighted by molar-refractivity contribution is -0.142. The van der Waals surface area contributed by atoms with Crippen molar-refractivity contribution >= 4 is 27.8 Å². The van der Waals surface area contributed by atoms with E-state index in [9.17, 15) is 14.7 Å². The van der Waals surface area contributed by atoms with Crippen LogP contribution in [-0.4, -0.2) is 36.8 Å². The van der Waals surface area contributed by atoms with Crippen LogP contribution in [0.3, 0.4) is 0 Å². The van der Waals surface area contributed by atoms with Gasteiger partial charge >= 0.3 is 11.6 Å². The van der Waals surface area contributed by atoms with E-state index in [1.165, 1.54) is 7.11 Å². The van der Waals surface area contributed by atoms with Crippen molar-refractivity contribution in [2.45, 2.75) is 18.2 Å². The lowest BCUT2D eigenvalue weighted by atomic mass is 10.2. The van der Waals surface area contributed by atoms with E-state index >= 15 is 0 Å². The number of rotatable bonds is 6. The number of methoxy groups -OCH3 is 1. The number of esters is 1. The van der Waals surface area contributed by atoms with Crippen molar-refractivity contribution in [3.63, 3.8) is 0 Å². The van der Waals surface area contributed by atoms with Crippen LogP contribution in [-0.2, 0) is 20.4 Å². The number of carbonyl (C=O) groups is 1. The van der Waals surface area contributed by atoms with Crippen molar-refractivity contribution in [2.75, 3.05) is 25.7 Å². The molecule has 1 unspecified atom stereocenters. The Morgan fingerprint density at radius 3 is 2.78 bits per heavy atom. The second kappa shape index (κ2) is 7.41. The normalized spacial score (nSPS) is 12.1. The van der Waals surface area contributed by atoms with E-state index in [1.54, 1.807) is 31.4 Å². The van der Waals surface area contributed by atoms with Gasteiger partial charge in [-0.1, -0.05) is 6.92 Å². The number of aromatic hydroxyl groups is 1. The summed E-state index contributed by atoms with van der Waals surface area (Å²) >= 11 is 0. The first-order valence-corrected chi connectivity index (χ1v) is 8.90. The molecule has 0 amide bonds. The Morgan fingerprint density at radius 1 is 1.39 bits per heavy atom. The summed E-state index contributed by atoms with van der Waals surface area (Å²) in [5.74, 6) is 0.608. The molecular formula is C16H19O6S+. The minimum absolute atomic E-state index is 0.0912. The number of hydrogen-bond donors (Lipinski definition) is 1. The first-order chi connectivity index (χ1) is 11.0. The van der Waals surface area contributed by atoms with Crippen molar-refractivity contribution in [3.8, 4) is 11.5 Å². The number of benzene rings is 1. The van der Waals surface area contributed by atoms with Gasteiger partial charge in [-0.25, -0.2) is 4.79 Å². The molecule has 0 fully saturated rings. The van der Waals surface area contributed by atoms with Crippen LogP contribution in [0, 0.1) is 0 Å². The number of fused-ring (bicyclic) bond motifs is 1. The second-order valence-electron chi connectivity index (χ2n) is 4.84. The lowest BCUT2D eigenvalue weighted by Crippen LogP contribution is -2.20. The zero-order valence-electron chi connectivity index (χ0n) is 13.3. The molecule has 1 N–H and O–H groups in total. The highest BCUT2D eigenvalue weighted by Crippen LogP contribution is 2.31. The summed E-state index contributed by atoms with van der Waals surface area (Å²) < 4.78 is 15.4. The van der Waals surface area contributed by atoms with Gasteiger partial charge in [-0.2, -0.15) is 0 Å².